The normalized spacial score (nSPS) is 34.2. The molecule has 0 bridgehead atoms. The Labute approximate surface area is 82.3 Å². The second-order valence-corrected chi connectivity index (χ2v) is 6.28. The Morgan fingerprint density at radius 1 is 0.846 bits per heavy atom. The van der Waals surface area contributed by atoms with E-state index in [-0.39, 0.29) is 0 Å². The fourth-order valence-electron chi connectivity index (χ4n) is 4.46. The first-order valence-corrected chi connectivity index (χ1v) is 5.62. The van der Waals surface area contributed by atoms with Gasteiger partial charge in [0.2, 0.25) is 0 Å². The van der Waals surface area contributed by atoms with Gasteiger partial charge in [-0.15, -0.1) is 0 Å². The molecule has 2 aliphatic rings. The summed E-state index contributed by atoms with van der Waals surface area (Å²) in [7, 11) is 0. The third-order valence-electron chi connectivity index (χ3n) is 4.93. The first kappa shape index (κ1) is 9.51. The van der Waals surface area contributed by atoms with E-state index >= 15 is 0 Å². The summed E-state index contributed by atoms with van der Waals surface area (Å²) in [6.07, 6.45) is 4.17. The Kier molecular flexibility index (Phi) is 1.83. The second-order valence-electron chi connectivity index (χ2n) is 6.28. The van der Waals surface area contributed by atoms with Crippen LogP contribution in [0.15, 0.2) is 0 Å². The van der Waals surface area contributed by atoms with Crippen molar-refractivity contribution in [1.82, 2.24) is 5.32 Å². The molecular formula is C12H23N. The SMILES string of the molecule is CC1(C)CC(C)(C)C12CCNCC2. The fraction of sp³-hybridized carbons (Fsp3) is 1.00. The summed E-state index contributed by atoms with van der Waals surface area (Å²) in [5.41, 5.74) is 1.79. The van der Waals surface area contributed by atoms with Crippen LogP contribution in [0.1, 0.15) is 47.0 Å². The molecule has 1 saturated carbocycles. The molecule has 0 unspecified atom stereocenters. The van der Waals surface area contributed by atoms with Gasteiger partial charge < -0.3 is 5.32 Å². The van der Waals surface area contributed by atoms with Crippen LogP contribution in [0.2, 0.25) is 0 Å². The Morgan fingerprint density at radius 3 is 1.62 bits per heavy atom. The quantitative estimate of drug-likeness (QED) is 0.606. The van der Waals surface area contributed by atoms with Crippen molar-refractivity contribution in [3.05, 3.63) is 0 Å². The number of hydrogen-bond donors (Lipinski definition) is 1. The van der Waals surface area contributed by atoms with E-state index in [2.05, 4.69) is 33.0 Å². The van der Waals surface area contributed by atoms with Crippen molar-refractivity contribution in [2.75, 3.05) is 13.1 Å². The Balaban J connectivity index is 2.26. The topological polar surface area (TPSA) is 12.0 Å². The van der Waals surface area contributed by atoms with Crippen LogP contribution in [0.5, 0.6) is 0 Å². The lowest BCUT2D eigenvalue weighted by Crippen LogP contribution is -2.64. The fourth-order valence-corrected chi connectivity index (χ4v) is 4.46. The molecule has 76 valence electrons. The van der Waals surface area contributed by atoms with Gasteiger partial charge in [-0.05, 0) is 48.6 Å². The summed E-state index contributed by atoms with van der Waals surface area (Å²) in [6.45, 7) is 12.3. The molecule has 0 aromatic rings. The molecule has 0 radical (unpaired) electrons. The minimum Gasteiger partial charge on any atom is -0.317 e. The van der Waals surface area contributed by atoms with E-state index in [9.17, 15) is 0 Å². The second kappa shape index (κ2) is 2.50. The smallest absolute Gasteiger partial charge is 0.00432 e. The predicted molar refractivity (Wildman–Crippen MR) is 56.7 cm³/mol. The van der Waals surface area contributed by atoms with Crippen LogP contribution >= 0.6 is 0 Å². The highest BCUT2D eigenvalue weighted by atomic mass is 14.9. The molecule has 0 atom stereocenters. The molecule has 1 heterocycles. The largest absolute Gasteiger partial charge is 0.317 e. The van der Waals surface area contributed by atoms with Crippen molar-refractivity contribution >= 4 is 0 Å². The van der Waals surface area contributed by atoms with Crippen molar-refractivity contribution in [3.63, 3.8) is 0 Å². The van der Waals surface area contributed by atoms with Gasteiger partial charge in [-0.3, -0.25) is 0 Å². The van der Waals surface area contributed by atoms with Crippen LogP contribution in [0.25, 0.3) is 0 Å². The molecule has 1 aliphatic heterocycles. The summed E-state index contributed by atoms with van der Waals surface area (Å²) in [4.78, 5) is 0. The van der Waals surface area contributed by atoms with Gasteiger partial charge in [-0.2, -0.15) is 0 Å². The number of rotatable bonds is 0. The van der Waals surface area contributed by atoms with E-state index in [0.29, 0.717) is 16.2 Å². The van der Waals surface area contributed by atoms with Crippen LogP contribution in [-0.2, 0) is 0 Å². The van der Waals surface area contributed by atoms with Gasteiger partial charge in [-0.1, -0.05) is 27.7 Å². The average molecular weight is 181 g/mol. The van der Waals surface area contributed by atoms with E-state index in [1.54, 1.807) is 0 Å². The van der Waals surface area contributed by atoms with Crippen LogP contribution in [0.4, 0.5) is 0 Å². The highest BCUT2D eigenvalue weighted by Gasteiger charge is 2.64. The van der Waals surface area contributed by atoms with Gasteiger partial charge in [0.25, 0.3) is 0 Å². The van der Waals surface area contributed by atoms with Gasteiger partial charge >= 0.3 is 0 Å². The monoisotopic (exact) mass is 181 g/mol. The van der Waals surface area contributed by atoms with Gasteiger partial charge in [-0.25, -0.2) is 0 Å². The minimum absolute atomic E-state index is 0.582. The van der Waals surface area contributed by atoms with Crippen molar-refractivity contribution in [2.45, 2.75) is 47.0 Å². The van der Waals surface area contributed by atoms with E-state index < -0.39 is 0 Å². The third-order valence-corrected chi connectivity index (χ3v) is 4.93. The Morgan fingerprint density at radius 2 is 1.31 bits per heavy atom. The molecule has 2 fully saturated rings. The first-order valence-electron chi connectivity index (χ1n) is 5.62. The minimum atomic E-state index is 0.582. The zero-order valence-electron chi connectivity index (χ0n) is 9.54. The molecule has 1 N–H and O–H groups in total. The van der Waals surface area contributed by atoms with Crippen LogP contribution in [-0.4, -0.2) is 13.1 Å². The molecule has 1 saturated heterocycles. The van der Waals surface area contributed by atoms with Crippen LogP contribution < -0.4 is 5.32 Å². The van der Waals surface area contributed by atoms with Gasteiger partial charge in [0.1, 0.15) is 0 Å². The zero-order valence-corrected chi connectivity index (χ0v) is 9.54. The highest BCUT2D eigenvalue weighted by Crippen LogP contribution is 2.71. The van der Waals surface area contributed by atoms with E-state index in [4.69, 9.17) is 0 Å². The standard InChI is InChI=1S/C12H23N/c1-10(2)9-11(3,4)12(10)5-7-13-8-6-12/h13H,5-9H2,1-4H3. The maximum atomic E-state index is 3.48. The number of hydrogen-bond acceptors (Lipinski definition) is 1. The summed E-state index contributed by atoms with van der Waals surface area (Å²) in [6, 6.07) is 0. The summed E-state index contributed by atoms with van der Waals surface area (Å²) < 4.78 is 0. The Hall–Kier alpha value is -0.0400. The van der Waals surface area contributed by atoms with Crippen LogP contribution in [0.3, 0.4) is 0 Å². The number of piperidine rings is 1. The molecule has 1 heteroatoms. The lowest BCUT2D eigenvalue weighted by Gasteiger charge is -2.69. The predicted octanol–water partition coefficient (Wildman–Crippen LogP) is 2.81. The molecular weight excluding hydrogens is 158 g/mol. The Bertz CT molecular complexity index is 193. The maximum Gasteiger partial charge on any atom is -0.00432 e. The summed E-state index contributed by atoms with van der Waals surface area (Å²) >= 11 is 0. The van der Waals surface area contributed by atoms with Crippen LogP contribution in [0, 0.1) is 16.2 Å². The summed E-state index contributed by atoms with van der Waals surface area (Å²) in [5.74, 6) is 0. The summed E-state index contributed by atoms with van der Waals surface area (Å²) in [5, 5.41) is 3.48. The first-order chi connectivity index (χ1) is 5.91. The zero-order chi connectivity index (χ0) is 9.74. The van der Waals surface area contributed by atoms with E-state index in [1.165, 1.54) is 32.4 Å². The molecule has 1 nitrogen and oxygen atoms in total. The van der Waals surface area contributed by atoms with Gasteiger partial charge in [0, 0.05) is 0 Å². The molecule has 1 aliphatic carbocycles. The molecule has 0 aromatic carbocycles. The molecule has 2 rings (SSSR count). The van der Waals surface area contributed by atoms with Crippen molar-refractivity contribution in [2.24, 2.45) is 16.2 Å². The third kappa shape index (κ3) is 1.03. The van der Waals surface area contributed by atoms with E-state index in [1.807, 2.05) is 0 Å². The van der Waals surface area contributed by atoms with E-state index in [0.717, 1.165) is 0 Å². The lowest BCUT2D eigenvalue weighted by atomic mass is 9.36. The van der Waals surface area contributed by atoms with Crippen molar-refractivity contribution < 1.29 is 0 Å². The average Bonchev–Trinajstić information content (AvgIpc) is 2.03. The molecule has 0 aromatic heterocycles. The molecule has 13 heavy (non-hydrogen) atoms. The number of nitrogens with one attached hydrogen (secondary N) is 1. The van der Waals surface area contributed by atoms with Crippen molar-refractivity contribution in [1.29, 1.82) is 0 Å². The molecule has 1 spiro atoms. The van der Waals surface area contributed by atoms with Gasteiger partial charge in [0.15, 0.2) is 0 Å². The lowest BCUT2D eigenvalue weighted by molar-refractivity contribution is -0.198. The van der Waals surface area contributed by atoms with Gasteiger partial charge in [0.05, 0.1) is 0 Å². The molecule has 0 amide bonds. The van der Waals surface area contributed by atoms with Crippen molar-refractivity contribution in [3.8, 4) is 0 Å². The maximum absolute atomic E-state index is 3.48. The highest BCUT2D eigenvalue weighted by molar-refractivity contribution is 5.13.